The molecule has 1 aromatic carbocycles. The molecule has 0 unspecified atom stereocenters. The van der Waals surface area contributed by atoms with Crippen molar-refractivity contribution in [1.29, 1.82) is 5.26 Å². The van der Waals surface area contributed by atoms with E-state index in [2.05, 4.69) is 5.32 Å². The minimum absolute atomic E-state index is 0.0157. The first-order valence-electron chi connectivity index (χ1n) is 10.6. The smallest absolute Gasteiger partial charge is 0.244 e. The molecule has 2 aromatic rings. The van der Waals surface area contributed by atoms with Gasteiger partial charge >= 0.3 is 0 Å². The Kier molecular flexibility index (Phi) is 8.57. The van der Waals surface area contributed by atoms with Gasteiger partial charge in [0.1, 0.15) is 6.07 Å². The van der Waals surface area contributed by atoms with Crippen LogP contribution in [-0.4, -0.2) is 80.2 Å². The van der Waals surface area contributed by atoms with Crippen molar-refractivity contribution in [2.24, 2.45) is 0 Å². The van der Waals surface area contributed by atoms with E-state index in [1.165, 1.54) is 16.4 Å². The highest BCUT2D eigenvalue weighted by atomic mass is 32.2. The van der Waals surface area contributed by atoms with Crippen LogP contribution in [0.1, 0.15) is 17.4 Å². The van der Waals surface area contributed by atoms with Crippen LogP contribution in [0.15, 0.2) is 46.7 Å². The zero-order valence-corrected chi connectivity index (χ0v) is 20.1. The maximum absolute atomic E-state index is 13.0. The Hall–Kier alpha value is -2.78. The van der Waals surface area contributed by atoms with Gasteiger partial charge in [0.2, 0.25) is 21.8 Å². The van der Waals surface area contributed by atoms with Crippen molar-refractivity contribution in [1.82, 2.24) is 19.4 Å². The van der Waals surface area contributed by atoms with Gasteiger partial charge in [-0.2, -0.15) is 9.57 Å². The summed E-state index contributed by atoms with van der Waals surface area (Å²) in [7, 11) is -3.81. The average Bonchev–Trinajstić information content (AvgIpc) is 3.36. The Bertz CT molecular complexity index is 1100. The summed E-state index contributed by atoms with van der Waals surface area (Å²) in [4.78, 5) is 29.4. The molecule has 0 atom stereocenters. The number of carbonyl (C=O) groups is 2. The van der Waals surface area contributed by atoms with E-state index in [0.717, 1.165) is 4.88 Å². The molecule has 1 fully saturated rings. The molecule has 176 valence electrons. The SMILES string of the molecule is CCN(CC(=O)NCc1cccs1)CC(=O)N1CCN(S(=O)(=O)c2ccccc2C#N)CC1. The second kappa shape index (κ2) is 11.4. The summed E-state index contributed by atoms with van der Waals surface area (Å²) in [5.74, 6) is -0.289. The lowest BCUT2D eigenvalue weighted by Gasteiger charge is -2.35. The number of benzene rings is 1. The van der Waals surface area contributed by atoms with Crippen LogP contribution < -0.4 is 5.32 Å². The number of likely N-dealkylation sites (N-methyl/N-ethyl adjacent to an activating group) is 1. The summed E-state index contributed by atoms with van der Waals surface area (Å²) in [6.07, 6.45) is 0. The molecule has 1 aliphatic heterocycles. The normalized spacial score (nSPS) is 14.8. The van der Waals surface area contributed by atoms with Crippen LogP contribution in [-0.2, 0) is 26.2 Å². The van der Waals surface area contributed by atoms with Gasteiger partial charge in [-0.25, -0.2) is 8.42 Å². The van der Waals surface area contributed by atoms with Gasteiger partial charge in [-0.05, 0) is 30.1 Å². The topological polar surface area (TPSA) is 114 Å². The van der Waals surface area contributed by atoms with Gasteiger partial charge in [-0.3, -0.25) is 14.5 Å². The minimum Gasteiger partial charge on any atom is -0.350 e. The third-order valence-electron chi connectivity index (χ3n) is 5.43. The number of hydrogen-bond acceptors (Lipinski definition) is 7. The lowest BCUT2D eigenvalue weighted by Crippen LogP contribution is -2.53. The van der Waals surface area contributed by atoms with Gasteiger partial charge < -0.3 is 10.2 Å². The molecule has 0 saturated carbocycles. The number of rotatable bonds is 9. The number of nitrogens with one attached hydrogen (secondary N) is 1. The first-order valence-corrected chi connectivity index (χ1v) is 13.0. The largest absolute Gasteiger partial charge is 0.350 e. The summed E-state index contributed by atoms with van der Waals surface area (Å²) in [5.41, 5.74) is 0.104. The third kappa shape index (κ3) is 6.39. The predicted molar refractivity (Wildman–Crippen MR) is 125 cm³/mol. The number of piperazine rings is 1. The van der Waals surface area contributed by atoms with Crippen molar-refractivity contribution in [3.8, 4) is 6.07 Å². The van der Waals surface area contributed by atoms with E-state index in [4.69, 9.17) is 0 Å². The fourth-order valence-electron chi connectivity index (χ4n) is 3.53. The monoisotopic (exact) mass is 489 g/mol. The number of nitriles is 1. The number of hydrogen-bond donors (Lipinski definition) is 1. The minimum atomic E-state index is -3.81. The Morgan fingerprint density at radius 3 is 2.48 bits per heavy atom. The second-order valence-electron chi connectivity index (χ2n) is 7.55. The Balaban J connectivity index is 1.51. The van der Waals surface area contributed by atoms with Crippen molar-refractivity contribution in [2.75, 3.05) is 45.8 Å². The average molecular weight is 490 g/mol. The third-order valence-corrected chi connectivity index (χ3v) is 8.26. The summed E-state index contributed by atoms with van der Waals surface area (Å²) < 4.78 is 27.2. The highest BCUT2D eigenvalue weighted by Crippen LogP contribution is 2.21. The fraction of sp³-hybridized carbons (Fsp3) is 0.409. The molecule has 3 rings (SSSR count). The van der Waals surface area contributed by atoms with Crippen LogP contribution in [0.3, 0.4) is 0 Å². The summed E-state index contributed by atoms with van der Waals surface area (Å²) in [5, 5.41) is 14.0. The molecule has 0 bridgehead atoms. The van der Waals surface area contributed by atoms with E-state index in [-0.39, 0.29) is 61.5 Å². The quantitative estimate of drug-likeness (QED) is 0.564. The maximum Gasteiger partial charge on any atom is 0.244 e. The highest BCUT2D eigenvalue weighted by Gasteiger charge is 2.32. The van der Waals surface area contributed by atoms with E-state index in [1.54, 1.807) is 33.3 Å². The zero-order chi connectivity index (χ0) is 23.8. The van der Waals surface area contributed by atoms with E-state index >= 15 is 0 Å². The van der Waals surface area contributed by atoms with E-state index < -0.39 is 10.0 Å². The number of carbonyl (C=O) groups excluding carboxylic acids is 2. The molecule has 0 spiro atoms. The number of thiophene rings is 1. The Labute approximate surface area is 198 Å². The lowest BCUT2D eigenvalue weighted by molar-refractivity contribution is -0.134. The first-order chi connectivity index (χ1) is 15.8. The molecule has 0 radical (unpaired) electrons. The molecule has 9 nitrogen and oxygen atoms in total. The van der Waals surface area contributed by atoms with Crippen LogP contribution >= 0.6 is 11.3 Å². The molecular weight excluding hydrogens is 462 g/mol. The summed E-state index contributed by atoms with van der Waals surface area (Å²) >= 11 is 1.57. The van der Waals surface area contributed by atoms with Crippen molar-refractivity contribution in [3.63, 3.8) is 0 Å². The van der Waals surface area contributed by atoms with Crippen molar-refractivity contribution in [2.45, 2.75) is 18.4 Å². The highest BCUT2D eigenvalue weighted by molar-refractivity contribution is 7.89. The Morgan fingerprint density at radius 1 is 1.12 bits per heavy atom. The summed E-state index contributed by atoms with van der Waals surface area (Å²) in [6, 6.07) is 11.9. The second-order valence-corrected chi connectivity index (χ2v) is 10.5. The molecular formula is C22H27N5O4S2. The number of amides is 2. The van der Waals surface area contributed by atoms with E-state index in [9.17, 15) is 23.3 Å². The molecule has 0 aliphatic carbocycles. The van der Waals surface area contributed by atoms with Crippen LogP contribution in [0.4, 0.5) is 0 Å². The van der Waals surface area contributed by atoms with Gasteiger partial charge in [0, 0.05) is 31.1 Å². The predicted octanol–water partition coefficient (Wildman–Crippen LogP) is 1.09. The van der Waals surface area contributed by atoms with Crippen LogP contribution in [0.25, 0.3) is 0 Å². The van der Waals surface area contributed by atoms with E-state index in [0.29, 0.717) is 13.1 Å². The number of sulfonamides is 1. The first kappa shape index (κ1) is 24.9. The van der Waals surface area contributed by atoms with Crippen LogP contribution in [0.5, 0.6) is 0 Å². The molecule has 1 aromatic heterocycles. The van der Waals surface area contributed by atoms with Crippen molar-refractivity contribution in [3.05, 3.63) is 52.2 Å². The lowest BCUT2D eigenvalue weighted by atomic mass is 10.2. The molecule has 2 amide bonds. The fourth-order valence-corrected chi connectivity index (χ4v) is 5.74. The van der Waals surface area contributed by atoms with Crippen molar-refractivity contribution < 1.29 is 18.0 Å². The zero-order valence-electron chi connectivity index (χ0n) is 18.4. The van der Waals surface area contributed by atoms with Gasteiger partial charge in [-0.1, -0.05) is 25.1 Å². The van der Waals surface area contributed by atoms with Gasteiger partial charge in [-0.15, -0.1) is 11.3 Å². The molecule has 1 N–H and O–H groups in total. The summed E-state index contributed by atoms with van der Waals surface area (Å²) in [6.45, 7) is 3.92. The molecule has 1 aliphatic rings. The van der Waals surface area contributed by atoms with Crippen LogP contribution in [0.2, 0.25) is 0 Å². The van der Waals surface area contributed by atoms with E-state index in [1.807, 2.05) is 30.5 Å². The van der Waals surface area contributed by atoms with Gasteiger partial charge in [0.15, 0.2) is 0 Å². The van der Waals surface area contributed by atoms with Crippen molar-refractivity contribution >= 4 is 33.2 Å². The molecule has 2 heterocycles. The molecule has 11 heteroatoms. The van der Waals surface area contributed by atoms with Gasteiger partial charge in [0.25, 0.3) is 0 Å². The molecule has 33 heavy (non-hydrogen) atoms. The Morgan fingerprint density at radius 2 is 1.85 bits per heavy atom. The number of nitrogens with zero attached hydrogens (tertiary/aromatic N) is 4. The van der Waals surface area contributed by atoms with Gasteiger partial charge in [0.05, 0.1) is 30.1 Å². The standard InChI is InChI=1S/C22H27N5O4S2/c1-2-25(16-21(28)24-15-19-7-5-13-32-19)17-22(29)26-9-11-27(12-10-26)33(30,31)20-8-4-3-6-18(20)14-23/h3-8,13H,2,9-12,15-17H2,1H3,(H,24,28). The molecule has 1 saturated heterocycles. The van der Waals surface area contributed by atoms with Crippen LogP contribution in [0, 0.1) is 11.3 Å². The maximum atomic E-state index is 13.0.